The largest absolute Gasteiger partial charge is 0.256 e. The second-order valence-corrected chi connectivity index (χ2v) is 11.7. The molecule has 0 saturated carbocycles. The number of aromatic nitrogens is 2. The molecular formula is C41H24N2. The molecule has 0 atom stereocenters. The van der Waals surface area contributed by atoms with Crippen LogP contribution in [0.3, 0.4) is 0 Å². The Hall–Kier alpha value is -5.60. The monoisotopic (exact) mass is 544 g/mol. The van der Waals surface area contributed by atoms with Crippen LogP contribution in [0.1, 0.15) is 22.3 Å². The van der Waals surface area contributed by atoms with Gasteiger partial charge in [0, 0.05) is 22.5 Å². The predicted octanol–water partition coefficient (Wildman–Crippen LogP) is 9.95. The second kappa shape index (κ2) is 8.24. The van der Waals surface area contributed by atoms with E-state index in [1.807, 2.05) is 6.20 Å². The van der Waals surface area contributed by atoms with E-state index in [1.54, 1.807) is 0 Å². The van der Waals surface area contributed by atoms with Gasteiger partial charge in [-0.15, -0.1) is 0 Å². The molecule has 0 N–H and O–H groups in total. The third-order valence-corrected chi connectivity index (χ3v) is 9.67. The summed E-state index contributed by atoms with van der Waals surface area (Å²) in [4.78, 5) is 10.5. The van der Waals surface area contributed by atoms with Crippen molar-refractivity contribution >= 4 is 32.6 Å². The van der Waals surface area contributed by atoms with Crippen LogP contribution in [0, 0.1) is 0 Å². The molecule has 0 radical (unpaired) electrons. The zero-order valence-corrected chi connectivity index (χ0v) is 23.3. The first-order valence-electron chi connectivity index (χ1n) is 14.8. The maximum Gasteiger partial charge on any atom is 0.0805 e. The minimum absolute atomic E-state index is 0.494. The standard InChI is InChI=1S/C41H24N2/c1-2-11-26-22-27(20-19-25(26)10-1)32-24-35-38(39-31(32)15-9-21-42-39)40-36(23-28-12-3-8-18-37(28)43-40)41(35)33-16-6-4-13-29(33)30-14-5-7-17-34(30)41/h1-24H. The summed E-state index contributed by atoms with van der Waals surface area (Å²) >= 11 is 0. The Bertz CT molecular complexity index is 2430. The van der Waals surface area contributed by atoms with Crippen molar-refractivity contribution in [3.05, 3.63) is 168 Å². The van der Waals surface area contributed by atoms with Gasteiger partial charge < -0.3 is 0 Å². The van der Waals surface area contributed by atoms with Gasteiger partial charge in [0.2, 0.25) is 0 Å². The van der Waals surface area contributed by atoms with E-state index in [4.69, 9.17) is 9.97 Å². The van der Waals surface area contributed by atoms with Gasteiger partial charge in [0.15, 0.2) is 0 Å². The van der Waals surface area contributed by atoms with Crippen molar-refractivity contribution in [1.29, 1.82) is 0 Å². The molecule has 0 saturated heterocycles. The van der Waals surface area contributed by atoms with Crippen LogP contribution in [0.15, 0.2) is 146 Å². The molecule has 8 aromatic rings. The molecule has 10 rings (SSSR count). The van der Waals surface area contributed by atoms with Crippen LogP contribution < -0.4 is 0 Å². The number of nitrogens with zero attached hydrogens (tertiary/aromatic N) is 2. The number of fused-ring (bicyclic) bond motifs is 14. The average molecular weight is 545 g/mol. The van der Waals surface area contributed by atoms with E-state index in [0.29, 0.717) is 0 Å². The second-order valence-electron chi connectivity index (χ2n) is 11.7. The van der Waals surface area contributed by atoms with Gasteiger partial charge in [0.1, 0.15) is 0 Å². The van der Waals surface area contributed by atoms with Crippen molar-refractivity contribution in [2.45, 2.75) is 5.41 Å². The molecule has 2 nitrogen and oxygen atoms in total. The van der Waals surface area contributed by atoms with Gasteiger partial charge in [-0.05, 0) is 85.6 Å². The maximum absolute atomic E-state index is 5.42. The highest BCUT2D eigenvalue weighted by molar-refractivity contribution is 6.10. The summed E-state index contributed by atoms with van der Waals surface area (Å²) in [6, 6.07) is 50.9. The highest BCUT2D eigenvalue weighted by atomic mass is 14.8. The minimum atomic E-state index is -0.494. The summed E-state index contributed by atoms with van der Waals surface area (Å²) in [6.45, 7) is 0. The van der Waals surface area contributed by atoms with Crippen molar-refractivity contribution in [2.24, 2.45) is 0 Å². The quantitative estimate of drug-likeness (QED) is 0.205. The van der Waals surface area contributed by atoms with Crippen LogP contribution >= 0.6 is 0 Å². The third-order valence-electron chi connectivity index (χ3n) is 9.67. The smallest absolute Gasteiger partial charge is 0.0805 e. The Kier molecular flexibility index (Phi) is 4.41. The highest BCUT2D eigenvalue weighted by Crippen LogP contribution is 2.64. The molecule has 0 bridgehead atoms. The zero-order valence-electron chi connectivity index (χ0n) is 23.3. The van der Waals surface area contributed by atoms with Gasteiger partial charge >= 0.3 is 0 Å². The van der Waals surface area contributed by atoms with Crippen LogP contribution in [0.2, 0.25) is 0 Å². The average Bonchev–Trinajstić information content (AvgIpc) is 3.53. The fraction of sp³-hybridized carbons (Fsp3) is 0.0244. The Morgan fingerprint density at radius 2 is 1.16 bits per heavy atom. The lowest BCUT2D eigenvalue weighted by Crippen LogP contribution is -2.26. The van der Waals surface area contributed by atoms with Crippen molar-refractivity contribution in [1.82, 2.24) is 9.97 Å². The zero-order chi connectivity index (χ0) is 28.1. The topological polar surface area (TPSA) is 25.8 Å². The molecule has 2 heterocycles. The van der Waals surface area contributed by atoms with E-state index < -0.39 is 5.41 Å². The lowest BCUT2D eigenvalue weighted by Gasteiger charge is -2.30. The van der Waals surface area contributed by atoms with Crippen LogP contribution in [-0.4, -0.2) is 9.97 Å². The third kappa shape index (κ3) is 2.88. The predicted molar refractivity (Wildman–Crippen MR) is 176 cm³/mol. The number of rotatable bonds is 1. The molecule has 1 spiro atoms. The van der Waals surface area contributed by atoms with Crippen LogP contribution in [-0.2, 0) is 5.41 Å². The number of pyridine rings is 2. The number of benzene rings is 6. The van der Waals surface area contributed by atoms with E-state index in [0.717, 1.165) is 33.1 Å². The SMILES string of the molecule is c1ccc2c(c1)-c1ccccc1C21c2cc3ccccc3nc2-c2c1cc(-c1ccc3ccccc3c1)c1cccnc21. The Labute approximate surface area is 248 Å². The van der Waals surface area contributed by atoms with E-state index in [9.17, 15) is 0 Å². The van der Waals surface area contributed by atoms with Gasteiger partial charge in [-0.1, -0.05) is 109 Å². The first-order chi connectivity index (χ1) is 21.3. The molecule has 198 valence electrons. The highest BCUT2D eigenvalue weighted by Gasteiger charge is 2.53. The van der Waals surface area contributed by atoms with Gasteiger partial charge in [0.25, 0.3) is 0 Å². The summed E-state index contributed by atoms with van der Waals surface area (Å²) < 4.78 is 0. The summed E-state index contributed by atoms with van der Waals surface area (Å²) in [6.07, 6.45) is 1.93. The number of hydrogen-bond acceptors (Lipinski definition) is 2. The summed E-state index contributed by atoms with van der Waals surface area (Å²) in [5.74, 6) is 0. The van der Waals surface area contributed by atoms with Crippen molar-refractivity contribution in [3.63, 3.8) is 0 Å². The van der Waals surface area contributed by atoms with Crippen molar-refractivity contribution in [3.8, 4) is 33.5 Å². The molecule has 0 aliphatic heterocycles. The van der Waals surface area contributed by atoms with E-state index >= 15 is 0 Å². The van der Waals surface area contributed by atoms with Gasteiger partial charge in [0.05, 0.1) is 22.1 Å². The molecule has 2 aliphatic carbocycles. The summed E-state index contributed by atoms with van der Waals surface area (Å²) in [5, 5.41) is 4.78. The van der Waals surface area contributed by atoms with Crippen LogP contribution in [0.25, 0.3) is 66.1 Å². The van der Waals surface area contributed by atoms with E-state index in [2.05, 4.69) is 140 Å². The molecular weight excluding hydrogens is 520 g/mol. The molecule has 6 aromatic carbocycles. The summed E-state index contributed by atoms with van der Waals surface area (Å²) in [7, 11) is 0. The first-order valence-corrected chi connectivity index (χ1v) is 14.8. The molecule has 0 unspecified atom stereocenters. The van der Waals surface area contributed by atoms with E-state index in [-0.39, 0.29) is 0 Å². The van der Waals surface area contributed by atoms with Gasteiger partial charge in [-0.3, -0.25) is 4.98 Å². The fourth-order valence-electron chi connectivity index (χ4n) is 7.93. The number of hydrogen-bond donors (Lipinski definition) is 0. The fourth-order valence-corrected chi connectivity index (χ4v) is 7.93. The maximum atomic E-state index is 5.42. The molecule has 0 amide bonds. The first kappa shape index (κ1) is 23.0. The van der Waals surface area contributed by atoms with Crippen molar-refractivity contribution in [2.75, 3.05) is 0 Å². The minimum Gasteiger partial charge on any atom is -0.256 e. The molecule has 2 heteroatoms. The molecule has 2 aliphatic rings. The Morgan fingerprint density at radius 3 is 1.98 bits per heavy atom. The molecule has 0 fully saturated rings. The van der Waals surface area contributed by atoms with Crippen LogP contribution in [0.5, 0.6) is 0 Å². The lowest BCUT2D eigenvalue weighted by molar-refractivity contribution is 0.794. The molecule has 2 aromatic heterocycles. The number of para-hydroxylation sites is 1. The summed E-state index contributed by atoms with van der Waals surface area (Å²) in [5.41, 5.74) is 13.8. The van der Waals surface area contributed by atoms with E-state index in [1.165, 1.54) is 55.3 Å². The Balaban J connectivity index is 1.42. The van der Waals surface area contributed by atoms with Crippen LogP contribution in [0.4, 0.5) is 0 Å². The van der Waals surface area contributed by atoms with Gasteiger partial charge in [-0.2, -0.15) is 0 Å². The van der Waals surface area contributed by atoms with Gasteiger partial charge in [-0.25, -0.2) is 4.98 Å². The Morgan fingerprint density at radius 1 is 0.465 bits per heavy atom. The molecule has 43 heavy (non-hydrogen) atoms. The lowest BCUT2D eigenvalue weighted by atomic mass is 9.70. The normalized spacial score (nSPS) is 13.8. The van der Waals surface area contributed by atoms with Crippen molar-refractivity contribution < 1.29 is 0 Å².